The van der Waals surface area contributed by atoms with Crippen molar-refractivity contribution in [1.82, 2.24) is 5.32 Å². The predicted octanol–water partition coefficient (Wildman–Crippen LogP) is 2.28. The Morgan fingerprint density at radius 2 is 1.36 bits per heavy atom. The second kappa shape index (κ2) is 6.97. The van der Waals surface area contributed by atoms with Gasteiger partial charge < -0.3 is 0 Å². The Morgan fingerprint density at radius 3 is 1.86 bits per heavy atom. The van der Waals surface area contributed by atoms with Crippen molar-refractivity contribution in [2.45, 2.75) is 30.0 Å². The highest BCUT2D eigenvalue weighted by molar-refractivity contribution is 5.95. The lowest BCUT2D eigenvalue weighted by molar-refractivity contribution is -0.520. The maximum absolute atomic E-state index is 13.6. The Bertz CT molecular complexity index is 960. The molecule has 5 atom stereocenters. The predicted molar refractivity (Wildman–Crippen MR) is 99.9 cm³/mol. The van der Waals surface area contributed by atoms with Gasteiger partial charge in [-0.15, -0.1) is 0 Å². The van der Waals surface area contributed by atoms with Crippen molar-refractivity contribution in [2.24, 2.45) is 0 Å². The summed E-state index contributed by atoms with van der Waals surface area (Å²) in [7, 11) is 0. The lowest BCUT2D eigenvalue weighted by Gasteiger charge is -2.43. The summed E-state index contributed by atoms with van der Waals surface area (Å²) in [6.45, 7) is 0. The summed E-state index contributed by atoms with van der Waals surface area (Å²) in [6.07, 6.45) is 1.10. The molecule has 1 N–H and O–H groups in total. The van der Waals surface area contributed by atoms with Crippen LogP contribution in [0.3, 0.4) is 0 Å². The van der Waals surface area contributed by atoms with Crippen LogP contribution in [0, 0.1) is 20.2 Å². The SMILES string of the molecule is O=C1C(c2ccccc2)C2NC(C1c1ccccc1)C([N+](=O)[O-])C=C2[N+](=O)[O-]. The lowest BCUT2D eigenvalue weighted by Crippen LogP contribution is -2.64. The average molecular weight is 379 g/mol. The molecule has 2 aliphatic heterocycles. The molecule has 0 spiro atoms. The monoisotopic (exact) mass is 379 g/mol. The highest BCUT2D eigenvalue weighted by Crippen LogP contribution is 2.42. The van der Waals surface area contributed by atoms with Crippen LogP contribution in [-0.4, -0.2) is 33.8 Å². The zero-order valence-electron chi connectivity index (χ0n) is 14.7. The van der Waals surface area contributed by atoms with E-state index in [0.717, 1.165) is 6.08 Å². The van der Waals surface area contributed by atoms with Gasteiger partial charge in [0.1, 0.15) is 6.04 Å². The second-order valence-corrected chi connectivity index (χ2v) is 6.97. The number of nitro groups is 2. The third-order valence-electron chi connectivity index (χ3n) is 5.48. The minimum Gasteiger partial charge on any atom is -0.298 e. The van der Waals surface area contributed by atoms with Gasteiger partial charge in [-0.1, -0.05) is 60.7 Å². The van der Waals surface area contributed by atoms with Gasteiger partial charge in [-0.2, -0.15) is 0 Å². The van der Waals surface area contributed by atoms with E-state index in [2.05, 4.69) is 5.32 Å². The fraction of sp³-hybridized carbons (Fsp3) is 0.250. The molecule has 0 saturated carbocycles. The molecule has 1 fully saturated rings. The first-order valence-corrected chi connectivity index (χ1v) is 8.88. The lowest BCUT2D eigenvalue weighted by atomic mass is 9.68. The van der Waals surface area contributed by atoms with Gasteiger partial charge in [-0.25, -0.2) is 0 Å². The van der Waals surface area contributed by atoms with Crippen molar-refractivity contribution in [1.29, 1.82) is 0 Å². The molecule has 0 radical (unpaired) electrons. The molecular formula is C20H17N3O5. The van der Waals surface area contributed by atoms with E-state index in [1.54, 1.807) is 60.7 Å². The van der Waals surface area contributed by atoms with Gasteiger partial charge in [0.25, 0.3) is 11.7 Å². The zero-order chi connectivity index (χ0) is 19.8. The largest absolute Gasteiger partial charge is 0.298 e. The summed E-state index contributed by atoms with van der Waals surface area (Å²) in [5.74, 6) is -1.82. The molecule has 8 heteroatoms. The van der Waals surface area contributed by atoms with E-state index in [0.29, 0.717) is 11.1 Å². The molecule has 2 aromatic carbocycles. The van der Waals surface area contributed by atoms with Gasteiger partial charge >= 0.3 is 0 Å². The number of nitrogens with one attached hydrogen (secondary N) is 1. The molecular weight excluding hydrogens is 362 g/mol. The van der Waals surface area contributed by atoms with E-state index >= 15 is 0 Å². The Hall–Kier alpha value is -3.39. The Balaban J connectivity index is 1.90. The Labute approximate surface area is 160 Å². The molecule has 1 saturated heterocycles. The molecule has 2 bridgehead atoms. The zero-order valence-corrected chi connectivity index (χ0v) is 14.7. The number of benzene rings is 2. The average Bonchev–Trinajstić information content (AvgIpc) is 2.69. The third-order valence-corrected chi connectivity index (χ3v) is 5.48. The maximum atomic E-state index is 13.6. The first-order valence-electron chi connectivity index (χ1n) is 8.88. The van der Waals surface area contributed by atoms with E-state index in [-0.39, 0.29) is 11.5 Å². The molecule has 28 heavy (non-hydrogen) atoms. The fourth-order valence-electron chi connectivity index (χ4n) is 4.28. The van der Waals surface area contributed by atoms with Crippen LogP contribution < -0.4 is 5.32 Å². The van der Waals surface area contributed by atoms with Crippen LogP contribution in [0.4, 0.5) is 0 Å². The molecule has 0 amide bonds. The number of hydrogen-bond acceptors (Lipinski definition) is 6. The smallest absolute Gasteiger partial charge is 0.267 e. The third kappa shape index (κ3) is 2.87. The van der Waals surface area contributed by atoms with Crippen LogP contribution in [0.15, 0.2) is 72.4 Å². The standard InChI is InChI=1S/C20H17N3O5/c24-20-16(12-7-3-1-4-8-12)18-14(22(25)26)11-15(23(27)28)19(21-18)17(20)13-9-5-2-6-10-13/h1-11,14,16-19,21H. The topological polar surface area (TPSA) is 115 Å². The van der Waals surface area contributed by atoms with Gasteiger partial charge in [-0.3, -0.25) is 30.3 Å². The van der Waals surface area contributed by atoms with E-state index < -0.39 is 39.8 Å². The van der Waals surface area contributed by atoms with Crippen molar-refractivity contribution in [3.63, 3.8) is 0 Å². The summed E-state index contributed by atoms with van der Waals surface area (Å²) in [5.41, 5.74) is 0.984. The number of nitrogens with zero attached hydrogens (tertiary/aromatic N) is 2. The number of carbonyl (C=O) groups excluding carboxylic acids is 1. The summed E-state index contributed by atoms with van der Waals surface area (Å²) in [5, 5.41) is 26.3. The van der Waals surface area contributed by atoms with Crippen LogP contribution in [0.2, 0.25) is 0 Å². The van der Waals surface area contributed by atoms with Crippen LogP contribution >= 0.6 is 0 Å². The summed E-state index contributed by atoms with van der Waals surface area (Å²) in [6, 6.07) is 14.6. The molecule has 2 aromatic rings. The molecule has 2 aliphatic rings. The molecule has 5 unspecified atom stereocenters. The van der Waals surface area contributed by atoms with Crippen molar-refractivity contribution >= 4 is 5.78 Å². The van der Waals surface area contributed by atoms with Gasteiger partial charge in [-0.05, 0) is 11.1 Å². The molecule has 0 aromatic heterocycles. The van der Waals surface area contributed by atoms with E-state index in [1.807, 2.05) is 0 Å². The van der Waals surface area contributed by atoms with Crippen LogP contribution in [-0.2, 0) is 4.79 Å². The minimum absolute atomic E-state index is 0.245. The number of rotatable bonds is 4. The van der Waals surface area contributed by atoms with Crippen molar-refractivity contribution in [3.8, 4) is 0 Å². The van der Waals surface area contributed by atoms with E-state index in [1.165, 1.54) is 0 Å². The number of ketones is 1. The van der Waals surface area contributed by atoms with E-state index in [9.17, 15) is 25.0 Å². The van der Waals surface area contributed by atoms with Crippen molar-refractivity contribution < 1.29 is 14.6 Å². The summed E-state index contributed by atoms with van der Waals surface area (Å²) >= 11 is 0. The van der Waals surface area contributed by atoms with Gasteiger partial charge in [0.05, 0.1) is 28.9 Å². The minimum atomic E-state index is -1.36. The van der Waals surface area contributed by atoms with Crippen LogP contribution in [0.25, 0.3) is 0 Å². The highest BCUT2D eigenvalue weighted by atomic mass is 16.6. The van der Waals surface area contributed by atoms with Crippen molar-refractivity contribution in [3.05, 3.63) is 104 Å². The fourth-order valence-corrected chi connectivity index (χ4v) is 4.28. The number of carbonyl (C=O) groups is 1. The molecule has 4 rings (SSSR count). The van der Waals surface area contributed by atoms with Crippen LogP contribution in [0.5, 0.6) is 0 Å². The Morgan fingerprint density at radius 1 is 0.821 bits per heavy atom. The molecule has 142 valence electrons. The highest BCUT2D eigenvalue weighted by Gasteiger charge is 2.57. The first kappa shape index (κ1) is 18.0. The summed E-state index contributed by atoms with van der Waals surface area (Å²) < 4.78 is 0. The quantitative estimate of drug-likeness (QED) is 0.644. The Kier molecular flexibility index (Phi) is 4.48. The molecule has 2 heterocycles. The number of hydrogen-bond donors (Lipinski definition) is 1. The first-order chi connectivity index (χ1) is 13.5. The molecule has 8 nitrogen and oxygen atoms in total. The van der Waals surface area contributed by atoms with Gasteiger partial charge in [0, 0.05) is 4.92 Å². The second-order valence-electron chi connectivity index (χ2n) is 6.97. The number of piperidine rings is 1. The normalized spacial score (nSPS) is 29.1. The number of Topliss-reactive ketones (excluding diaryl/α,β-unsaturated/α-hetero) is 1. The van der Waals surface area contributed by atoms with E-state index in [4.69, 9.17) is 0 Å². The van der Waals surface area contributed by atoms with Crippen LogP contribution in [0.1, 0.15) is 23.0 Å². The van der Waals surface area contributed by atoms with Crippen molar-refractivity contribution in [2.75, 3.05) is 0 Å². The number of fused-ring (bicyclic) bond motifs is 2. The van der Waals surface area contributed by atoms with Gasteiger partial charge in [0.2, 0.25) is 0 Å². The maximum Gasteiger partial charge on any atom is 0.267 e. The summed E-state index contributed by atoms with van der Waals surface area (Å²) in [4.78, 5) is 35.6. The molecule has 0 aliphatic carbocycles. The van der Waals surface area contributed by atoms with Gasteiger partial charge in [0.15, 0.2) is 5.78 Å².